The number of benzene rings is 1. The summed E-state index contributed by atoms with van der Waals surface area (Å²) in [5.74, 6) is 0.182. The van der Waals surface area contributed by atoms with Crippen LogP contribution in [0.1, 0.15) is 17.0 Å². The molecule has 8 nitrogen and oxygen atoms in total. The van der Waals surface area contributed by atoms with Gasteiger partial charge in [0.1, 0.15) is 17.5 Å². The number of halogens is 4. The van der Waals surface area contributed by atoms with E-state index in [0.717, 1.165) is 4.52 Å². The van der Waals surface area contributed by atoms with Gasteiger partial charge in [0.05, 0.1) is 30.0 Å². The van der Waals surface area contributed by atoms with Crippen LogP contribution in [0.15, 0.2) is 30.5 Å². The van der Waals surface area contributed by atoms with Crippen LogP contribution >= 0.6 is 11.6 Å². The number of nitrogens with zero attached hydrogens (tertiary/aromatic N) is 6. The van der Waals surface area contributed by atoms with E-state index in [1.807, 2.05) is 0 Å². The summed E-state index contributed by atoms with van der Waals surface area (Å²) in [4.78, 5) is 10.2. The van der Waals surface area contributed by atoms with Crippen LogP contribution in [0.25, 0.3) is 27.7 Å². The van der Waals surface area contributed by atoms with Gasteiger partial charge in [-0.25, -0.2) is 4.98 Å². The van der Waals surface area contributed by atoms with Crippen LogP contribution in [0.5, 0.6) is 0 Å². The van der Waals surface area contributed by atoms with Crippen LogP contribution in [0, 0.1) is 18.3 Å². The van der Waals surface area contributed by atoms with Crippen LogP contribution in [-0.2, 0) is 6.18 Å². The Morgan fingerprint density at radius 1 is 1.29 bits per heavy atom. The van der Waals surface area contributed by atoms with E-state index >= 15 is 0 Å². The first-order valence-electron chi connectivity index (χ1n) is 10.2. The molecule has 5 rings (SSSR count). The van der Waals surface area contributed by atoms with E-state index in [0.29, 0.717) is 32.7 Å². The van der Waals surface area contributed by atoms with Crippen molar-refractivity contribution in [2.24, 2.45) is 0 Å². The number of aliphatic hydroxyl groups excluding tert-OH is 2. The molecule has 0 radical (unpaired) electrons. The number of hydrogen-bond donors (Lipinski definition) is 2. The van der Waals surface area contributed by atoms with E-state index in [1.165, 1.54) is 0 Å². The third-order valence-electron chi connectivity index (χ3n) is 5.96. The molecule has 34 heavy (non-hydrogen) atoms. The molecule has 1 aliphatic heterocycles. The van der Waals surface area contributed by atoms with Gasteiger partial charge in [-0.05, 0) is 30.7 Å². The minimum Gasteiger partial charge on any atom is -0.394 e. The van der Waals surface area contributed by atoms with Crippen molar-refractivity contribution >= 4 is 34.0 Å². The Morgan fingerprint density at radius 3 is 2.71 bits per heavy atom. The molecule has 0 bridgehead atoms. The van der Waals surface area contributed by atoms with Gasteiger partial charge in [0.15, 0.2) is 11.3 Å². The van der Waals surface area contributed by atoms with Gasteiger partial charge in [-0.3, -0.25) is 4.98 Å². The molecule has 0 spiro atoms. The second kappa shape index (κ2) is 7.80. The number of pyridine rings is 1. The van der Waals surface area contributed by atoms with Gasteiger partial charge in [-0.2, -0.15) is 28.0 Å². The molecular weight excluding hydrogens is 473 g/mol. The van der Waals surface area contributed by atoms with E-state index in [4.69, 9.17) is 11.6 Å². The van der Waals surface area contributed by atoms with Crippen molar-refractivity contribution in [3.8, 4) is 17.2 Å². The molecule has 0 aliphatic carbocycles. The third kappa shape index (κ3) is 3.26. The largest absolute Gasteiger partial charge is 0.436 e. The number of nitriles is 1. The van der Waals surface area contributed by atoms with Crippen LogP contribution in [0.2, 0.25) is 5.02 Å². The molecular formula is C22H16ClF3N6O2. The molecule has 2 atom stereocenters. The summed E-state index contributed by atoms with van der Waals surface area (Å²) in [7, 11) is 0. The van der Waals surface area contributed by atoms with Gasteiger partial charge in [0, 0.05) is 28.7 Å². The van der Waals surface area contributed by atoms with Gasteiger partial charge in [0.25, 0.3) is 0 Å². The molecule has 1 saturated heterocycles. The quantitative estimate of drug-likeness (QED) is 0.455. The van der Waals surface area contributed by atoms with E-state index < -0.39 is 36.2 Å². The predicted octanol–water partition coefficient (Wildman–Crippen LogP) is 3.34. The standard InChI is InChI=1S/C22H16ClF3N6O2/c1-10-18(13-4-5-28-15-6-11(23)2-3-12(13)15)21(31-8-17(34)16(31)9-33)32-20(29-10)14(7-27)19(30-32)22(24,25)26/h2-6,16-17,33-34H,8-9H2,1H3. The van der Waals surface area contributed by atoms with Gasteiger partial charge >= 0.3 is 6.18 Å². The van der Waals surface area contributed by atoms with E-state index in [2.05, 4.69) is 15.1 Å². The van der Waals surface area contributed by atoms with E-state index in [1.54, 1.807) is 48.4 Å². The highest BCUT2D eigenvalue weighted by atomic mass is 35.5. The molecule has 4 heterocycles. The van der Waals surface area contributed by atoms with E-state index in [9.17, 15) is 28.6 Å². The van der Waals surface area contributed by atoms with Crippen molar-refractivity contribution < 1.29 is 23.4 Å². The van der Waals surface area contributed by atoms with Gasteiger partial charge < -0.3 is 15.1 Å². The molecule has 1 fully saturated rings. The molecule has 4 aromatic rings. The van der Waals surface area contributed by atoms with Crippen LogP contribution < -0.4 is 4.90 Å². The van der Waals surface area contributed by atoms with Crippen molar-refractivity contribution in [2.45, 2.75) is 25.2 Å². The molecule has 3 aromatic heterocycles. The number of aromatic nitrogens is 4. The average Bonchev–Trinajstić information content (AvgIpc) is 3.15. The molecule has 1 aliphatic rings. The van der Waals surface area contributed by atoms with E-state index in [-0.39, 0.29) is 18.0 Å². The van der Waals surface area contributed by atoms with Crippen molar-refractivity contribution in [1.29, 1.82) is 5.26 Å². The third-order valence-corrected chi connectivity index (χ3v) is 6.20. The van der Waals surface area contributed by atoms with Crippen LogP contribution in [0.4, 0.5) is 19.0 Å². The summed E-state index contributed by atoms with van der Waals surface area (Å²) < 4.78 is 42.1. The Labute approximate surface area is 195 Å². The highest BCUT2D eigenvalue weighted by Crippen LogP contribution is 2.42. The summed E-state index contributed by atoms with van der Waals surface area (Å²) >= 11 is 6.11. The smallest absolute Gasteiger partial charge is 0.394 e. The summed E-state index contributed by atoms with van der Waals surface area (Å²) in [5.41, 5.74) is -0.368. The van der Waals surface area contributed by atoms with Gasteiger partial charge in [-0.15, -0.1) is 0 Å². The first-order valence-corrected chi connectivity index (χ1v) is 10.5. The minimum absolute atomic E-state index is 0.0503. The van der Waals surface area contributed by atoms with Crippen molar-refractivity contribution in [2.75, 3.05) is 18.1 Å². The summed E-state index contributed by atoms with van der Waals surface area (Å²) in [5, 5.41) is 34.4. The van der Waals surface area contributed by atoms with Gasteiger partial charge in [-0.1, -0.05) is 17.7 Å². The number of aryl methyl sites for hydroxylation is 1. The second-order valence-electron chi connectivity index (χ2n) is 7.95. The number of aliphatic hydroxyl groups is 2. The first-order chi connectivity index (χ1) is 16.2. The Morgan fingerprint density at radius 2 is 2.06 bits per heavy atom. The maximum atomic E-state index is 13.7. The van der Waals surface area contributed by atoms with Crippen LogP contribution in [-0.4, -0.2) is 55.1 Å². The topological polar surface area (TPSA) is 111 Å². The fourth-order valence-electron chi connectivity index (χ4n) is 4.36. The number of β-amino-alcohol motifs (C(OH)–C–C–N with tert-alkyl or cyclic N) is 1. The lowest BCUT2D eigenvalue weighted by Crippen LogP contribution is -2.62. The second-order valence-corrected chi connectivity index (χ2v) is 8.39. The molecule has 174 valence electrons. The van der Waals surface area contributed by atoms with Crippen molar-refractivity contribution in [1.82, 2.24) is 19.6 Å². The minimum atomic E-state index is -4.88. The monoisotopic (exact) mass is 488 g/mol. The Hall–Kier alpha value is -3.46. The number of alkyl halides is 3. The number of anilines is 1. The maximum Gasteiger partial charge on any atom is 0.436 e. The maximum absolute atomic E-state index is 13.7. The number of rotatable bonds is 3. The Bertz CT molecular complexity index is 1500. The summed E-state index contributed by atoms with van der Waals surface area (Å²) in [6.45, 7) is 1.23. The first kappa shape index (κ1) is 22.3. The molecule has 0 saturated carbocycles. The lowest BCUT2D eigenvalue weighted by molar-refractivity contribution is -0.141. The SMILES string of the molecule is Cc1nc2c(C#N)c(C(F)(F)F)nn2c(N2CC(O)C2CO)c1-c1ccnc2cc(Cl)ccc12. The zero-order valence-corrected chi connectivity index (χ0v) is 18.3. The lowest BCUT2D eigenvalue weighted by atomic mass is 9.95. The zero-order chi connectivity index (χ0) is 24.4. The highest BCUT2D eigenvalue weighted by Gasteiger charge is 2.43. The molecule has 2 N–H and O–H groups in total. The lowest BCUT2D eigenvalue weighted by Gasteiger charge is -2.46. The molecule has 12 heteroatoms. The zero-order valence-electron chi connectivity index (χ0n) is 17.5. The van der Waals surface area contributed by atoms with Crippen molar-refractivity contribution in [3.05, 3.63) is 52.4 Å². The number of hydrogen-bond acceptors (Lipinski definition) is 7. The average molecular weight is 489 g/mol. The predicted molar refractivity (Wildman–Crippen MR) is 117 cm³/mol. The fraction of sp³-hybridized carbons (Fsp3) is 0.273. The molecule has 0 amide bonds. The van der Waals surface area contributed by atoms with Crippen molar-refractivity contribution in [3.63, 3.8) is 0 Å². The Balaban J connectivity index is 1.91. The summed E-state index contributed by atoms with van der Waals surface area (Å²) in [6, 6.07) is 7.58. The summed E-state index contributed by atoms with van der Waals surface area (Å²) in [6.07, 6.45) is -4.22. The molecule has 1 aromatic carbocycles. The normalized spacial score (nSPS) is 18.4. The number of fused-ring (bicyclic) bond motifs is 2. The fourth-order valence-corrected chi connectivity index (χ4v) is 4.52. The molecule has 2 unspecified atom stereocenters. The van der Waals surface area contributed by atoms with Crippen LogP contribution in [0.3, 0.4) is 0 Å². The van der Waals surface area contributed by atoms with Gasteiger partial charge in [0.2, 0.25) is 0 Å². The Kier molecular flexibility index (Phi) is 5.12. The highest BCUT2D eigenvalue weighted by molar-refractivity contribution is 6.31.